The molecule has 0 radical (unpaired) electrons. The van der Waals surface area contributed by atoms with E-state index in [-0.39, 0.29) is 6.23 Å². The van der Waals surface area contributed by atoms with Gasteiger partial charge in [0.15, 0.2) is 0 Å². The molecule has 3 nitrogen and oxygen atoms in total. The summed E-state index contributed by atoms with van der Waals surface area (Å²) in [4.78, 5) is 11.6. The second-order valence-electron chi connectivity index (χ2n) is 5.36. The molecule has 1 saturated carbocycles. The number of ketones is 1. The van der Waals surface area contributed by atoms with Crippen molar-refractivity contribution >= 4 is 5.78 Å². The second kappa shape index (κ2) is 3.88. The molecule has 1 fully saturated rings. The third-order valence-electron chi connectivity index (χ3n) is 4.28. The van der Waals surface area contributed by atoms with Gasteiger partial charge in [0.25, 0.3) is 0 Å². The van der Waals surface area contributed by atoms with Gasteiger partial charge in [0.1, 0.15) is 12.0 Å². The van der Waals surface area contributed by atoms with Gasteiger partial charge in [-0.3, -0.25) is 4.79 Å². The van der Waals surface area contributed by atoms with Crippen molar-refractivity contribution in [1.82, 2.24) is 5.32 Å². The number of allylic oxidation sites excluding steroid dienone is 2. The number of hydrogen-bond acceptors (Lipinski definition) is 3. The van der Waals surface area contributed by atoms with E-state index in [0.717, 1.165) is 32.1 Å². The van der Waals surface area contributed by atoms with Gasteiger partial charge < -0.3 is 10.1 Å². The van der Waals surface area contributed by atoms with Gasteiger partial charge in [0, 0.05) is 25.6 Å². The second-order valence-corrected chi connectivity index (χ2v) is 5.36. The normalized spacial score (nSPS) is 38.1. The molecule has 1 heterocycles. The Bertz CT molecular complexity index is 348. The maximum Gasteiger partial charge on any atom is 0.133 e. The lowest BCUT2D eigenvalue weighted by Gasteiger charge is -2.41. The molecule has 3 aliphatic rings. The molecule has 16 heavy (non-hydrogen) atoms. The smallest absolute Gasteiger partial charge is 0.133 e. The van der Waals surface area contributed by atoms with Crippen molar-refractivity contribution < 1.29 is 9.53 Å². The molecule has 3 atom stereocenters. The highest BCUT2D eigenvalue weighted by Crippen LogP contribution is 2.44. The molecule has 1 aliphatic heterocycles. The number of nitrogens with one attached hydrogen (secondary N) is 1. The summed E-state index contributed by atoms with van der Waals surface area (Å²) in [5.74, 6) is 1.61. The molecule has 0 spiro atoms. The number of carbonyl (C=O) groups excluding carboxylic acids is 1. The molecule has 0 amide bonds. The molecule has 0 aromatic heterocycles. The van der Waals surface area contributed by atoms with Gasteiger partial charge in [0.05, 0.1) is 0 Å². The summed E-state index contributed by atoms with van der Waals surface area (Å²) in [5.41, 5.74) is 2.92. The SMILES string of the molecule is CO[C@H]1CCC2=C(CC3CC(=O)C[C@@H]2C3)N1. The van der Waals surface area contributed by atoms with Gasteiger partial charge in [0.2, 0.25) is 0 Å². The van der Waals surface area contributed by atoms with Crippen LogP contribution in [0.25, 0.3) is 0 Å². The zero-order valence-electron chi connectivity index (χ0n) is 9.79. The molecular formula is C13H19NO2. The van der Waals surface area contributed by atoms with Crippen molar-refractivity contribution in [3.05, 3.63) is 11.3 Å². The summed E-state index contributed by atoms with van der Waals surface area (Å²) in [6, 6.07) is 0. The van der Waals surface area contributed by atoms with Gasteiger partial charge in [-0.1, -0.05) is 0 Å². The minimum atomic E-state index is 0.188. The van der Waals surface area contributed by atoms with E-state index in [1.807, 2.05) is 0 Å². The first-order chi connectivity index (χ1) is 7.76. The monoisotopic (exact) mass is 221 g/mol. The first kappa shape index (κ1) is 10.3. The van der Waals surface area contributed by atoms with Crippen LogP contribution in [0.4, 0.5) is 0 Å². The largest absolute Gasteiger partial charge is 0.364 e. The Balaban J connectivity index is 1.85. The zero-order valence-corrected chi connectivity index (χ0v) is 9.79. The number of ether oxygens (including phenoxy) is 1. The number of carbonyl (C=O) groups is 1. The van der Waals surface area contributed by atoms with E-state index in [4.69, 9.17) is 4.74 Å². The number of Topliss-reactive ketones (excluding diaryl/α,β-unsaturated/α-hetero) is 1. The van der Waals surface area contributed by atoms with Crippen LogP contribution >= 0.6 is 0 Å². The van der Waals surface area contributed by atoms with E-state index in [9.17, 15) is 4.79 Å². The minimum Gasteiger partial charge on any atom is -0.364 e. The highest BCUT2D eigenvalue weighted by atomic mass is 16.5. The van der Waals surface area contributed by atoms with Crippen molar-refractivity contribution in [2.45, 2.75) is 44.8 Å². The van der Waals surface area contributed by atoms with Crippen LogP contribution in [0.2, 0.25) is 0 Å². The molecule has 1 N–H and O–H groups in total. The Morgan fingerprint density at radius 2 is 2.19 bits per heavy atom. The molecule has 3 heteroatoms. The van der Waals surface area contributed by atoms with Crippen LogP contribution in [-0.2, 0) is 9.53 Å². The number of methoxy groups -OCH3 is 1. The third-order valence-corrected chi connectivity index (χ3v) is 4.28. The average molecular weight is 221 g/mol. The number of hydrogen-bond donors (Lipinski definition) is 1. The van der Waals surface area contributed by atoms with E-state index in [0.29, 0.717) is 17.6 Å². The molecule has 2 aliphatic carbocycles. The molecule has 0 aromatic rings. The van der Waals surface area contributed by atoms with Gasteiger partial charge in [-0.2, -0.15) is 0 Å². The maximum atomic E-state index is 11.6. The minimum absolute atomic E-state index is 0.188. The lowest BCUT2D eigenvalue weighted by molar-refractivity contribution is -0.122. The average Bonchev–Trinajstić information content (AvgIpc) is 2.27. The van der Waals surface area contributed by atoms with Gasteiger partial charge in [-0.15, -0.1) is 0 Å². The van der Waals surface area contributed by atoms with Crippen LogP contribution in [0.15, 0.2) is 11.3 Å². The first-order valence-corrected chi connectivity index (χ1v) is 6.29. The van der Waals surface area contributed by atoms with E-state index >= 15 is 0 Å². The summed E-state index contributed by atoms with van der Waals surface area (Å²) in [6.45, 7) is 0. The predicted octanol–water partition coefficient (Wildman–Crippen LogP) is 1.99. The van der Waals surface area contributed by atoms with Crippen molar-refractivity contribution in [3.63, 3.8) is 0 Å². The Kier molecular flexibility index (Phi) is 2.51. The van der Waals surface area contributed by atoms with Crippen LogP contribution in [0.3, 0.4) is 0 Å². The summed E-state index contributed by atoms with van der Waals surface area (Å²) in [6.07, 6.45) is 6.24. The van der Waals surface area contributed by atoms with Crippen LogP contribution < -0.4 is 5.32 Å². The summed E-state index contributed by atoms with van der Waals surface area (Å²) >= 11 is 0. The molecule has 0 aromatic carbocycles. The Hall–Kier alpha value is -0.830. The predicted molar refractivity (Wildman–Crippen MR) is 60.6 cm³/mol. The third kappa shape index (κ3) is 1.67. The summed E-state index contributed by atoms with van der Waals surface area (Å²) < 4.78 is 5.37. The Labute approximate surface area is 96.2 Å². The molecule has 88 valence electrons. The maximum absolute atomic E-state index is 11.6. The fraction of sp³-hybridized carbons (Fsp3) is 0.769. The van der Waals surface area contributed by atoms with Crippen molar-refractivity contribution in [2.24, 2.45) is 11.8 Å². The lowest BCUT2D eigenvalue weighted by atomic mass is 9.68. The quantitative estimate of drug-likeness (QED) is 0.736. The van der Waals surface area contributed by atoms with Crippen LogP contribution in [0, 0.1) is 11.8 Å². The molecular weight excluding hydrogens is 202 g/mol. The standard InChI is InChI=1S/C13H19NO2/c1-16-13-3-2-11-9-4-8(5-10(15)7-9)6-12(11)14-13/h8-9,13-14H,2-7H2,1H3/t8?,9-,13-/m0/s1. The fourth-order valence-corrected chi connectivity index (χ4v) is 3.57. The van der Waals surface area contributed by atoms with E-state index in [1.54, 1.807) is 7.11 Å². The first-order valence-electron chi connectivity index (χ1n) is 6.29. The van der Waals surface area contributed by atoms with E-state index in [1.165, 1.54) is 17.7 Å². The van der Waals surface area contributed by atoms with Gasteiger partial charge in [-0.05, 0) is 43.1 Å². The lowest BCUT2D eigenvalue weighted by Crippen LogP contribution is -2.41. The highest BCUT2D eigenvalue weighted by molar-refractivity contribution is 5.80. The molecule has 3 rings (SSSR count). The fourth-order valence-electron chi connectivity index (χ4n) is 3.57. The van der Waals surface area contributed by atoms with Crippen LogP contribution in [0.1, 0.15) is 38.5 Å². The van der Waals surface area contributed by atoms with Crippen molar-refractivity contribution in [3.8, 4) is 0 Å². The molecule has 0 saturated heterocycles. The van der Waals surface area contributed by atoms with Gasteiger partial charge in [-0.25, -0.2) is 0 Å². The highest BCUT2D eigenvalue weighted by Gasteiger charge is 2.37. The Morgan fingerprint density at radius 1 is 1.31 bits per heavy atom. The molecule has 2 bridgehead atoms. The van der Waals surface area contributed by atoms with Gasteiger partial charge >= 0.3 is 0 Å². The Morgan fingerprint density at radius 3 is 3.00 bits per heavy atom. The van der Waals surface area contributed by atoms with E-state index in [2.05, 4.69) is 5.32 Å². The summed E-state index contributed by atoms with van der Waals surface area (Å²) in [5, 5.41) is 3.49. The van der Waals surface area contributed by atoms with E-state index < -0.39 is 0 Å². The molecule has 1 unspecified atom stereocenters. The van der Waals surface area contributed by atoms with Crippen LogP contribution in [-0.4, -0.2) is 19.1 Å². The number of fused-ring (bicyclic) bond motifs is 3. The van der Waals surface area contributed by atoms with Crippen LogP contribution in [0.5, 0.6) is 0 Å². The summed E-state index contributed by atoms with van der Waals surface area (Å²) in [7, 11) is 1.76. The number of rotatable bonds is 1. The zero-order chi connectivity index (χ0) is 11.1. The van der Waals surface area contributed by atoms with Crippen molar-refractivity contribution in [1.29, 1.82) is 0 Å². The van der Waals surface area contributed by atoms with Crippen molar-refractivity contribution in [2.75, 3.05) is 7.11 Å². The topological polar surface area (TPSA) is 38.3 Å².